The molecule has 0 saturated heterocycles. The van der Waals surface area contributed by atoms with E-state index in [0.717, 1.165) is 0 Å². The molecule has 27 heavy (non-hydrogen) atoms. The fourth-order valence-electron chi connectivity index (χ4n) is 2.32. The lowest BCUT2D eigenvalue weighted by atomic mass is 10.3. The van der Waals surface area contributed by atoms with E-state index in [0.29, 0.717) is 34.8 Å². The maximum absolute atomic E-state index is 13.5. The molecule has 1 aromatic carbocycles. The summed E-state index contributed by atoms with van der Waals surface area (Å²) < 4.78 is 13.5. The number of aromatic nitrogens is 4. The molecule has 0 atom stereocenters. The molecule has 7 heteroatoms. The lowest BCUT2D eigenvalue weighted by Gasteiger charge is -2.12. The Bertz CT molecular complexity index is 1010. The molecule has 2 heterocycles. The standard InChI is InChI=1S/C20H19FN6/c1-4-7-15-9-6-11-17(23-15)18-25-19(22-13(2)3)27-20(26-18)24-16-10-5-8-14(21)12-16/h5-6,8-13H,1-3H3,(H2,22,24,25,26,27). The van der Waals surface area contributed by atoms with Gasteiger partial charge in [0, 0.05) is 11.7 Å². The highest BCUT2D eigenvalue weighted by molar-refractivity contribution is 5.59. The van der Waals surface area contributed by atoms with Crippen molar-refractivity contribution in [3.05, 3.63) is 54.0 Å². The number of rotatable bonds is 5. The Balaban J connectivity index is 2.02. The third-order valence-corrected chi connectivity index (χ3v) is 3.37. The van der Waals surface area contributed by atoms with Crippen molar-refractivity contribution in [1.29, 1.82) is 0 Å². The topological polar surface area (TPSA) is 75.6 Å². The van der Waals surface area contributed by atoms with E-state index < -0.39 is 0 Å². The quantitative estimate of drug-likeness (QED) is 0.668. The molecule has 2 N–H and O–H groups in total. The van der Waals surface area contributed by atoms with E-state index in [1.54, 1.807) is 25.1 Å². The van der Waals surface area contributed by atoms with E-state index in [1.807, 2.05) is 26.0 Å². The highest BCUT2D eigenvalue weighted by atomic mass is 19.1. The second-order valence-corrected chi connectivity index (χ2v) is 6.02. The first-order valence-corrected chi connectivity index (χ1v) is 8.49. The van der Waals surface area contributed by atoms with Gasteiger partial charge in [-0.15, -0.1) is 0 Å². The zero-order valence-electron chi connectivity index (χ0n) is 15.3. The Labute approximate surface area is 157 Å². The van der Waals surface area contributed by atoms with Crippen LogP contribution in [0.1, 0.15) is 26.5 Å². The van der Waals surface area contributed by atoms with Gasteiger partial charge in [0.15, 0.2) is 5.82 Å². The molecule has 2 aromatic heterocycles. The van der Waals surface area contributed by atoms with Crippen LogP contribution >= 0.6 is 0 Å². The average molecular weight is 362 g/mol. The van der Waals surface area contributed by atoms with E-state index in [2.05, 4.69) is 42.4 Å². The molecule has 3 aromatic rings. The summed E-state index contributed by atoms with van der Waals surface area (Å²) in [4.78, 5) is 17.7. The van der Waals surface area contributed by atoms with Gasteiger partial charge in [-0.3, -0.25) is 0 Å². The normalized spacial score (nSPS) is 10.3. The molecule has 0 saturated carbocycles. The second kappa shape index (κ2) is 8.23. The van der Waals surface area contributed by atoms with Crippen molar-refractivity contribution in [3.63, 3.8) is 0 Å². The van der Waals surface area contributed by atoms with E-state index >= 15 is 0 Å². The zero-order valence-corrected chi connectivity index (χ0v) is 15.3. The predicted molar refractivity (Wildman–Crippen MR) is 104 cm³/mol. The Hall–Kier alpha value is -3.53. The average Bonchev–Trinajstić information content (AvgIpc) is 2.61. The minimum atomic E-state index is -0.345. The van der Waals surface area contributed by atoms with Crippen LogP contribution in [0.3, 0.4) is 0 Å². The first-order valence-electron chi connectivity index (χ1n) is 8.49. The fourth-order valence-corrected chi connectivity index (χ4v) is 2.32. The van der Waals surface area contributed by atoms with E-state index in [-0.39, 0.29) is 11.9 Å². The number of hydrogen-bond donors (Lipinski definition) is 2. The molecule has 0 amide bonds. The van der Waals surface area contributed by atoms with Crippen molar-refractivity contribution in [2.75, 3.05) is 10.6 Å². The third kappa shape index (κ3) is 4.98. The fraction of sp³-hybridized carbons (Fsp3) is 0.200. The number of nitrogens with one attached hydrogen (secondary N) is 2. The van der Waals surface area contributed by atoms with E-state index in [4.69, 9.17) is 0 Å². The summed E-state index contributed by atoms with van der Waals surface area (Å²) in [5.74, 6) is 6.49. The first-order chi connectivity index (χ1) is 13.0. The molecule has 0 spiro atoms. The lowest BCUT2D eigenvalue weighted by molar-refractivity contribution is 0.628. The lowest BCUT2D eigenvalue weighted by Crippen LogP contribution is -2.14. The molecule has 0 bridgehead atoms. The second-order valence-electron chi connectivity index (χ2n) is 6.02. The summed E-state index contributed by atoms with van der Waals surface area (Å²) in [6.07, 6.45) is 0. The van der Waals surface area contributed by atoms with Crippen molar-refractivity contribution in [1.82, 2.24) is 19.9 Å². The number of hydrogen-bond acceptors (Lipinski definition) is 6. The van der Waals surface area contributed by atoms with Crippen LogP contribution in [-0.4, -0.2) is 26.0 Å². The summed E-state index contributed by atoms with van der Waals surface area (Å²) in [7, 11) is 0. The number of halogens is 1. The maximum Gasteiger partial charge on any atom is 0.232 e. The van der Waals surface area contributed by atoms with Crippen molar-refractivity contribution >= 4 is 17.6 Å². The van der Waals surface area contributed by atoms with Crippen LogP contribution in [0.2, 0.25) is 0 Å². The van der Waals surface area contributed by atoms with Gasteiger partial charge in [0.25, 0.3) is 0 Å². The van der Waals surface area contributed by atoms with Crippen LogP contribution in [0, 0.1) is 17.7 Å². The SMILES string of the molecule is CC#Cc1cccc(-c2nc(Nc3cccc(F)c3)nc(NC(C)C)n2)n1. The van der Waals surface area contributed by atoms with Crippen LogP contribution in [-0.2, 0) is 0 Å². The number of nitrogens with zero attached hydrogens (tertiary/aromatic N) is 4. The van der Waals surface area contributed by atoms with Crippen molar-refractivity contribution in [2.24, 2.45) is 0 Å². The zero-order chi connectivity index (χ0) is 19.2. The smallest absolute Gasteiger partial charge is 0.232 e. The molecule has 0 aliphatic heterocycles. The Morgan fingerprint density at radius 1 is 0.963 bits per heavy atom. The third-order valence-electron chi connectivity index (χ3n) is 3.37. The highest BCUT2D eigenvalue weighted by Crippen LogP contribution is 2.20. The van der Waals surface area contributed by atoms with Gasteiger partial charge in [0.05, 0.1) is 0 Å². The van der Waals surface area contributed by atoms with E-state index in [1.165, 1.54) is 12.1 Å². The molecule has 0 radical (unpaired) electrons. The number of anilines is 3. The van der Waals surface area contributed by atoms with Crippen LogP contribution < -0.4 is 10.6 Å². The van der Waals surface area contributed by atoms with Gasteiger partial charge < -0.3 is 10.6 Å². The summed E-state index contributed by atoms with van der Waals surface area (Å²) in [5, 5.41) is 6.17. The number of pyridine rings is 1. The van der Waals surface area contributed by atoms with E-state index in [9.17, 15) is 4.39 Å². The minimum Gasteiger partial charge on any atom is -0.352 e. The van der Waals surface area contributed by atoms with Crippen LogP contribution in [0.15, 0.2) is 42.5 Å². The number of benzene rings is 1. The molecule has 0 unspecified atom stereocenters. The molecule has 0 fully saturated rings. The minimum absolute atomic E-state index is 0.132. The molecule has 3 rings (SSSR count). The maximum atomic E-state index is 13.5. The molecule has 0 aliphatic carbocycles. The van der Waals surface area contributed by atoms with Crippen molar-refractivity contribution in [3.8, 4) is 23.4 Å². The van der Waals surface area contributed by atoms with Crippen molar-refractivity contribution < 1.29 is 4.39 Å². The molecular weight excluding hydrogens is 343 g/mol. The van der Waals surface area contributed by atoms with Crippen LogP contribution in [0.5, 0.6) is 0 Å². The van der Waals surface area contributed by atoms with Gasteiger partial charge in [-0.2, -0.15) is 15.0 Å². The molecule has 6 nitrogen and oxygen atoms in total. The molecule has 136 valence electrons. The highest BCUT2D eigenvalue weighted by Gasteiger charge is 2.11. The van der Waals surface area contributed by atoms with Crippen LogP contribution in [0.4, 0.5) is 22.0 Å². The van der Waals surface area contributed by atoms with Gasteiger partial charge >= 0.3 is 0 Å². The summed E-state index contributed by atoms with van der Waals surface area (Å²) in [6.45, 7) is 5.72. The van der Waals surface area contributed by atoms with Gasteiger partial charge in [-0.1, -0.05) is 18.1 Å². The van der Waals surface area contributed by atoms with Crippen LogP contribution in [0.25, 0.3) is 11.5 Å². The van der Waals surface area contributed by atoms with Gasteiger partial charge in [-0.25, -0.2) is 9.37 Å². The first kappa shape index (κ1) is 18.3. The van der Waals surface area contributed by atoms with Gasteiger partial charge in [-0.05, 0) is 57.0 Å². The molecular formula is C20H19FN6. The van der Waals surface area contributed by atoms with Gasteiger partial charge in [0.2, 0.25) is 11.9 Å². The van der Waals surface area contributed by atoms with Crippen molar-refractivity contribution in [2.45, 2.75) is 26.8 Å². The predicted octanol–water partition coefficient (Wildman–Crippen LogP) is 4.01. The Morgan fingerprint density at radius 2 is 1.74 bits per heavy atom. The Morgan fingerprint density at radius 3 is 2.48 bits per heavy atom. The Kier molecular flexibility index (Phi) is 5.57. The van der Waals surface area contributed by atoms with Gasteiger partial charge in [0.1, 0.15) is 17.2 Å². The summed E-state index contributed by atoms with van der Waals surface area (Å²) >= 11 is 0. The summed E-state index contributed by atoms with van der Waals surface area (Å²) in [6, 6.07) is 11.7. The largest absolute Gasteiger partial charge is 0.352 e. The molecule has 0 aliphatic rings. The summed E-state index contributed by atoms with van der Waals surface area (Å²) in [5.41, 5.74) is 1.75. The monoisotopic (exact) mass is 362 g/mol.